The van der Waals surface area contributed by atoms with Crippen LogP contribution in [0.15, 0.2) is 5.51 Å². The first-order valence-electron chi connectivity index (χ1n) is 5.06. The summed E-state index contributed by atoms with van der Waals surface area (Å²) >= 11 is 1.34. The Morgan fingerprint density at radius 1 is 1.75 bits per heavy atom. The second-order valence-electron chi connectivity index (χ2n) is 3.02. The minimum Gasteiger partial charge on any atom is -0.461 e. The van der Waals surface area contributed by atoms with E-state index in [1.165, 1.54) is 11.3 Å². The number of hydrogen-bond acceptors (Lipinski definition) is 5. The van der Waals surface area contributed by atoms with Crippen molar-refractivity contribution in [2.75, 3.05) is 11.9 Å². The van der Waals surface area contributed by atoms with Crippen LogP contribution in [0, 0.1) is 12.3 Å². The number of thiazole rings is 1. The van der Waals surface area contributed by atoms with Crippen molar-refractivity contribution in [3.05, 3.63) is 11.2 Å². The van der Waals surface area contributed by atoms with E-state index in [1.807, 2.05) is 6.92 Å². The highest BCUT2D eigenvalue weighted by Crippen LogP contribution is 2.22. The molecule has 0 spiro atoms. The third-order valence-electron chi connectivity index (χ3n) is 1.95. The average Bonchev–Trinajstić information content (AvgIpc) is 2.74. The van der Waals surface area contributed by atoms with Gasteiger partial charge in [0.05, 0.1) is 18.2 Å². The predicted molar refractivity (Wildman–Crippen MR) is 64.6 cm³/mol. The fourth-order valence-electron chi connectivity index (χ4n) is 1.11. The Kier molecular flexibility index (Phi) is 4.80. The molecule has 1 atom stereocenters. The topological polar surface area (TPSA) is 51.2 Å². The molecule has 1 heterocycles. The lowest BCUT2D eigenvalue weighted by Gasteiger charge is -2.10. The quantitative estimate of drug-likeness (QED) is 0.630. The van der Waals surface area contributed by atoms with Crippen molar-refractivity contribution in [2.45, 2.75) is 26.3 Å². The molecule has 1 rings (SSSR count). The van der Waals surface area contributed by atoms with Crippen molar-refractivity contribution in [1.82, 2.24) is 4.98 Å². The number of ether oxygens (including phenoxy) is 1. The van der Waals surface area contributed by atoms with Gasteiger partial charge in [0.1, 0.15) is 5.00 Å². The molecule has 0 radical (unpaired) electrons. The molecule has 16 heavy (non-hydrogen) atoms. The van der Waals surface area contributed by atoms with Gasteiger partial charge in [-0.25, -0.2) is 9.78 Å². The third kappa shape index (κ3) is 2.97. The molecule has 86 valence electrons. The molecule has 0 saturated heterocycles. The fraction of sp³-hybridized carbons (Fsp3) is 0.455. The third-order valence-corrected chi connectivity index (χ3v) is 2.71. The Balaban J connectivity index is 2.78. The van der Waals surface area contributed by atoms with Gasteiger partial charge in [-0.15, -0.1) is 17.8 Å². The van der Waals surface area contributed by atoms with E-state index >= 15 is 0 Å². The van der Waals surface area contributed by atoms with Gasteiger partial charge in [-0.3, -0.25) is 0 Å². The van der Waals surface area contributed by atoms with Gasteiger partial charge in [0, 0.05) is 0 Å². The summed E-state index contributed by atoms with van der Waals surface area (Å²) in [4.78, 5) is 15.5. The summed E-state index contributed by atoms with van der Waals surface area (Å²) in [6, 6.07) is -0.0892. The van der Waals surface area contributed by atoms with Crippen LogP contribution in [0.4, 0.5) is 5.00 Å². The van der Waals surface area contributed by atoms with Crippen LogP contribution < -0.4 is 5.32 Å². The maximum atomic E-state index is 11.5. The van der Waals surface area contributed by atoms with Crippen LogP contribution in [0.5, 0.6) is 0 Å². The van der Waals surface area contributed by atoms with Crippen LogP contribution >= 0.6 is 11.3 Å². The second-order valence-corrected chi connectivity index (χ2v) is 3.88. The van der Waals surface area contributed by atoms with Gasteiger partial charge in [-0.2, -0.15) is 0 Å². The number of terminal acetylenes is 1. The summed E-state index contributed by atoms with van der Waals surface area (Å²) in [5, 5.41) is 3.76. The number of nitrogens with one attached hydrogen (secondary N) is 1. The summed E-state index contributed by atoms with van der Waals surface area (Å²) in [6.45, 7) is 4.07. The maximum absolute atomic E-state index is 11.5. The number of esters is 1. The van der Waals surface area contributed by atoms with Gasteiger partial charge in [0.25, 0.3) is 0 Å². The van der Waals surface area contributed by atoms with Crippen molar-refractivity contribution in [1.29, 1.82) is 0 Å². The number of anilines is 1. The average molecular weight is 238 g/mol. The lowest BCUT2D eigenvalue weighted by atomic mass is 10.2. The van der Waals surface area contributed by atoms with E-state index in [-0.39, 0.29) is 6.04 Å². The molecule has 0 aromatic carbocycles. The van der Waals surface area contributed by atoms with Gasteiger partial charge in [0.15, 0.2) is 5.69 Å². The zero-order valence-electron chi connectivity index (χ0n) is 9.32. The van der Waals surface area contributed by atoms with Crippen molar-refractivity contribution in [2.24, 2.45) is 0 Å². The zero-order chi connectivity index (χ0) is 12.0. The molecule has 1 N–H and O–H groups in total. The Morgan fingerprint density at radius 2 is 2.50 bits per heavy atom. The van der Waals surface area contributed by atoms with Crippen molar-refractivity contribution in [3.63, 3.8) is 0 Å². The van der Waals surface area contributed by atoms with Crippen molar-refractivity contribution >= 4 is 22.3 Å². The predicted octanol–water partition coefficient (Wildman–Crippen LogP) is 2.14. The maximum Gasteiger partial charge on any atom is 0.360 e. The molecular weight excluding hydrogens is 224 g/mol. The molecule has 1 aromatic rings. The summed E-state index contributed by atoms with van der Waals surface area (Å²) in [5.41, 5.74) is 1.90. The van der Waals surface area contributed by atoms with Crippen LogP contribution in [0.1, 0.15) is 30.8 Å². The minimum atomic E-state index is -0.418. The van der Waals surface area contributed by atoms with E-state index in [9.17, 15) is 4.79 Å². The molecule has 0 saturated carbocycles. The highest BCUT2D eigenvalue weighted by molar-refractivity contribution is 7.14. The Hall–Kier alpha value is -1.54. The molecule has 1 aromatic heterocycles. The molecule has 0 amide bonds. The van der Waals surface area contributed by atoms with E-state index < -0.39 is 5.97 Å². The largest absolute Gasteiger partial charge is 0.461 e. The Labute approximate surface area is 99.0 Å². The van der Waals surface area contributed by atoms with Crippen LogP contribution in [0.2, 0.25) is 0 Å². The normalized spacial score (nSPS) is 11.6. The number of carbonyl (C=O) groups excluding carboxylic acids is 1. The molecule has 0 aliphatic heterocycles. The summed E-state index contributed by atoms with van der Waals surface area (Å²) < 4.78 is 4.89. The van der Waals surface area contributed by atoms with Crippen LogP contribution in [-0.4, -0.2) is 23.6 Å². The smallest absolute Gasteiger partial charge is 0.360 e. The van der Waals surface area contributed by atoms with Crippen molar-refractivity contribution < 1.29 is 9.53 Å². The van der Waals surface area contributed by atoms with Gasteiger partial charge in [0.2, 0.25) is 0 Å². The summed E-state index contributed by atoms with van der Waals surface area (Å²) in [6.07, 6.45) is 6.13. The fourth-order valence-corrected chi connectivity index (χ4v) is 1.83. The zero-order valence-corrected chi connectivity index (χ0v) is 10.1. The van der Waals surface area contributed by atoms with Gasteiger partial charge in [-0.05, 0) is 13.3 Å². The summed E-state index contributed by atoms with van der Waals surface area (Å²) in [5.74, 6) is 2.19. The molecule has 0 fully saturated rings. The van der Waals surface area contributed by atoms with Gasteiger partial charge >= 0.3 is 5.97 Å². The monoisotopic (exact) mass is 238 g/mol. The van der Waals surface area contributed by atoms with Crippen molar-refractivity contribution in [3.8, 4) is 12.3 Å². The number of aromatic nitrogens is 1. The molecular formula is C11H14N2O2S. The van der Waals surface area contributed by atoms with E-state index in [0.29, 0.717) is 17.3 Å². The standard InChI is InChI=1S/C11H14N2O2S/c1-4-8(5-2)13-10-9(12-7-16-10)11(14)15-6-3/h1,7-8,13H,5-6H2,2-3H3. The minimum absolute atomic E-state index is 0.0892. The number of hydrogen-bond donors (Lipinski definition) is 1. The summed E-state index contributed by atoms with van der Waals surface area (Å²) in [7, 11) is 0. The molecule has 0 aliphatic carbocycles. The van der Waals surface area contributed by atoms with Gasteiger partial charge < -0.3 is 10.1 Å². The second kappa shape index (κ2) is 6.13. The number of nitrogens with zero attached hydrogens (tertiary/aromatic N) is 1. The molecule has 1 unspecified atom stereocenters. The van der Waals surface area contributed by atoms with E-state index in [0.717, 1.165) is 6.42 Å². The first-order chi connectivity index (χ1) is 7.72. The Bertz CT molecular complexity index is 395. The lowest BCUT2D eigenvalue weighted by Crippen LogP contribution is -2.17. The van der Waals surface area contributed by atoms with E-state index in [2.05, 4.69) is 16.2 Å². The number of rotatable bonds is 5. The molecule has 0 bridgehead atoms. The van der Waals surface area contributed by atoms with Gasteiger partial charge in [-0.1, -0.05) is 12.8 Å². The first kappa shape index (κ1) is 12.5. The Morgan fingerprint density at radius 3 is 3.06 bits per heavy atom. The molecule has 5 heteroatoms. The highest BCUT2D eigenvalue weighted by Gasteiger charge is 2.17. The SMILES string of the molecule is C#CC(CC)Nc1scnc1C(=O)OCC. The lowest BCUT2D eigenvalue weighted by molar-refractivity contribution is 0.0521. The highest BCUT2D eigenvalue weighted by atomic mass is 32.1. The van der Waals surface area contributed by atoms with Crippen LogP contribution in [0.25, 0.3) is 0 Å². The first-order valence-corrected chi connectivity index (χ1v) is 5.94. The van der Waals surface area contributed by atoms with Crippen LogP contribution in [-0.2, 0) is 4.74 Å². The van der Waals surface area contributed by atoms with Crippen LogP contribution in [0.3, 0.4) is 0 Å². The molecule has 0 aliphatic rings. The van der Waals surface area contributed by atoms with E-state index in [1.54, 1.807) is 12.4 Å². The van der Waals surface area contributed by atoms with E-state index in [4.69, 9.17) is 11.2 Å². The number of carbonyl (C=O) groups is 1. The molecule has 4 nitrogen and oxygen atoms in total.